The maximum Gasteiger partial charge on any atom is 0.573 e. The molecule has 1 atom stereocenters. The van der Waals surface area contributed by atoms with Gasteiger partial charge in [0.25, 0.3) is 0 Å². The summed E-state index contributed by atoms with van der Waals surface area (Å²) in [6, 6.07) is 5.71. The smallest absolute Gasteiger partial charge is 0.406 e. The van der Waals surface area contributed by atoms with E-state index in [0.717, 1.165) is 50.5 Å². The predicted molar refractivity (Wildman–Crippen MR) is 97.2 cm³/mol. The van der Waals surface area contributed by atoms with E-state index in [0.29, 0.717) is 6.61 Å². The molecule has 28 heavy (non-hydrogen) atoms. The molecule has 3 rings (SSSR count). The average molecular weight is 400 g/mol. The fourth-order valence-electron chi connectivity index (χ4n) is 4.79. The number of alkyl halides is 3. The zero-order valence-corrected chi connectivity index (χ0v) is 16.3. The summed E-state index contributed by atoms with van der Waals surface area (Å²) in [7, 11) is 3.39. The van der Waals surface area contributed by atoms with Crippen LogP contribution in [0.1, 0.15) is 56.4 Å². The van der Waals surface area contributed by atoms with Gasteiger partial charge in [-0.3, -0.25) is 4.79 Å². The third-order valence-electron chi connectivity index (χ3n) is 6.58. The number of hydrogen-bond donors (Lipinski definition) is 0. The van der Waals surface area contributed by atoms with Crippen molar-refractivity contribution in [2.45, 2.75) is 62.8 Å². The molecule has 4 nitrogen and oxygen atoms in total. The molecule has 7 heteroatoms. The lowest BCUT2D eigenvalue weighted by atomic mass is 9.66. The lowest BCUT2D eigenvalue weighted by Crippen LogP contribution is -2.43. The van der Waals surface area contributed by atoms with Gasteiger partial charge >= 0.3 is 6.36 Å². The Morgan fingerprint density at radius 2 is 1.68 bits per heavy atom. The van der Waals surface area contributed by atoms with Crippen molar-refractivity contribution < 1.29 is 32.2 Å². The van der Waals surface area contributed by atoms with E-state index < -0.39 is 6.36 Å². The van der Waals surface area contributed by atoms with Gasteiger partial charge in [-0.15, -0.1) is 13.2 Å². The first-order chi connectivity index (χ1) is 13.2. The van der Waals surface area contributed by atoms with E-state index in [2.05, 4.69) is 4.74 Å². The van der Waals surface area contributed by atoms with Gasteiger partial charge < -0.3 is 14.2 Å². The third kappa shape index (κ3) is 4.35. The van der Waals surface area contributed by atoms with Crippen LogP contribution in [-0.2, 0) is 14.3 Å². The number of halogens is 3. The van der Waals surface area contributed by atoms with Crippen molar-refractivity contribution in [3.63, 3.8) is 0 Å². The van der Waals surface area contributed by atoms with Gasteiger partial charge in [-0.25, -0.2) is 0 Å². The van der Waals surface area contributed by atoms with Crippen molar-refractivity contribution in [3.05, 3.63) is 29.8 Å². The van der Waals surface area contributed by atoms with Crippen LogP contribution in [0.4, 0.5) is 13.2 Å². The van der Waals surface area contributed by atoms with Crippen LogP contribution >= 0.6 is 0 Å². The van der Waals surface area contributed by atoms with Gasteiger partial charge in [0.2, 0.25) is 0 Å². The minimum atomic E-state index is -4.71. The van der Waals surface area contributed by atoms with E-state index in [1.54, 1.807) is 26.4 Å². The summed E-state index contributed by atoms with van der Waals surface area (Å²) in [5.74, 6) is -0.306. The molecule has 2 saturated carbocycles. The summed E-state index contributed by atoms with van der Waals surface area (Å²) >= 11 is 0. The minimum absolute atomic E-state index is 0.216. The zero-order chi connectivity index (χ0) is 20.4. The Morgan fingerprint density at radius 3 is 2.21 bits per heavy atom. The predicted octanol–water partition coefficient (Wildman–Crippen LogP) is 5.01. The van der Waals surface area contributed by atoms with Crippen LogP contribution in [0.3, 0.4) is 0 Å². The molecule has 0 amide bonds. The van der Waals surface area contributed by atoms with Crippen LogP contribution < -0.4 is 4.74 Å². The third-order valence-corrected chi connectivity index (χ3v) is 6.58. The van der Waals surface area contributed by atoms with Gasteiger partial charge in [0.1, 0.15) is 11.5 Å². The Balaban J connectivity index is 1.67. The minimum Gasteiger partial charge on any atom is -0.406 e. The van der Waals surface area contributed by atoms with Gasteiger partial charge in [0.05, 0.1) is 5.60 Å². The maximum absolute atomic E-state index is 13.2. The van der Waals surface area contributed by atoms with E-state index in [4.69, 9.17) is 9.47 Å². The highest BCUT2D eigenvalue weighted by Crippen LogP contribution is 2.54. The molecule has 0 radical (unpaired) electrons. The average Bonchev–Trinajstić information content (AvgIpc) is 2.98. The van der Waals surface area contributed by atoms with Gasteiger partial charge in [-0.05, 0) is 62.6 Å². The number of benzene rings is 1. The zero-order valence-electron chi connectivity index (χ0n) is 16.3. The molecule has 1 aromatic carbocycles. The molecule has 1 spiro atoms. The molecular weight excluding hydrogens is 373 g/mol. The Kier molecular flexibility index (Phi) is 6.05. The van der Waals surface area contributed by atoms with Crippen LogP contribution in [0.5, 0.6) is 5.75 Å². The number of carbonyl (C=O) groups excluding carboxylic acids is 1. The van der Waals surface area contributed by atoms with Gasteiger partial charge in [-0.1, -0.05) is 12.1 Å². The standard InChI is InChI=1S/C21H27F3O4/c1-26-14-13-20(27-2)11-9-19(10-12-20)8-7-17(18(19)25)15-3-5-16(6-4-15)28-21(22,23)24/h3-6,17H,7-14H2,1-2H3. The van der Waals surface area contributed by atoms with E-state index >= 15 is 0 Å². The number of hydrogen-bond acceptors (Lipinski definition) is 4. The lowest BCUT2D eigenvalue weighted by molar-refractivity contribution is -0.274. The Bertz CT molecular complexity index is 676. The molecule has 0 aromatic heterocycles. The molecule has 0 heterocycles. The Morgan fingerprint density at radius 1 is 1.04 bits per heavy atom. The van der Waals surface area contributed by atoms with E-state index in [9.17, 15) is 18.0 Å². The monoisotopic (exact) mass is 400 g/mol. The molecule has 156 valence electrons. The number of ketones is 1. The van der Waals surface area contributed by atoms with Crippen LogP contribution in [0.2, 0.25) is 0 Å². The highest BCUT2D eigenvalue weighted by atomic mass is 19.4. The second-order valence-electron chi connectivity index (χ2n) is 7.98. The van der Waals surface area contributed by atoms with E-state index in [1.165, 1.54) is 12.1 Å². The Hall–Kier alpha value is -1.60. The van der Waals surface area contributed by atoms with Gasteiger partial charge in [0, 0.05) is 32.2 Å². The van der Waals surface area contributed by atoms with Gasteiger partial charge in [-0.2, -0.15) is 0 Å². The second kappa shape index (κ2) is 8.03. The molecule has 2 fully saturated rings. The molecule has 0 bridgehead atoms. The first kappa shape index (κ1) is 21.1. The number of carbonyl (C=O) groups is 1. The number of rotatable bonds is 6. The summed E-state index contributed by atoms with van der Waals surface area (Å²) in [4.78, 5) is 13.2. The van der Waals surface area contributed by atoms with Crippen molar-refractivity contribution >= 4 is 5.78 Å². The molecule has 2 aliphatic rings. The highest BCUT2D eigenvalue weighted by Gasteiger charge is 2.52. The molecule has 1 unspecified atom stereocenters. The van der Waals surface area contributed by atoms with Crippen molar-refractivity contribution in [2.75, 3.05) is 20.8 Å². The van der Waals surface area contributed by atoms with Crippen LogP contribution in [-0.4, -0.2) is 38.6 Å². The maximum atomic E-state index is 13.2. The molecule has 2 aliphatic carbocycles. The molecule has 0 saturated heterocycles. The van der Waals surface area contributed by atoms with Crippen LogP contribution in [0, 0.1) is 5.41 Å². The molecule has 0 aliphatic heterocycles. The summed E-state index contributed by atoms with van der Waals surface area (Å²) in [5.41, 5.74) is 0.205. The molecular formula is C21H27F3O4. The van der Waals surface area contributed by atoms with Crippen molar-refractivity contribution in [3.8, 4) is 5.75 Å². The summed E-state index contributed by atoms with van der Waals surface area (Å²) in [5, 5.41) is 0. The van der Waals surface area contributed by atoms with Crippen molar-refractivity contribution in [2.24, 2.45) is 5.41 Å². The second-order valence-corrected chi connectivity index (χ2v) is 7.98. The normalized spacial score (nSPS) is 30.8. The summed E-state index contributed by atoms with van der Waals surface area (Å²) < 4.78 is 51.9. The van der Waals surface area contributed by atoms with E-state index in [-0.39, 0.29) is 28.5 Å². The van der Waals surface area contributed by atoms with Gasteiger partial charge in [0.15, 0.2) is 0 Å². The first-order valence-electron chi connectivity index (χ1n) is 9.67. The van der Waals surface area contributed by atoms with E-state index in [1.807, 2.05) is 0 Å². The highest BCUT2D eigenvalue weighted by molar-refractivity contribution is 5.93. The Labute approximate surface area is 163 Å². The summed E-state index contributed by atoms with van der Waals surface area (Å²) in [6.07, 6.45) is 0.872. The number of Topliss-reactive ketones (excluding diaryl/α,β-unsaturated/α-hetero) is 1. The molecule has 1 aromatic rings. The van der Waals surface area contributed by atoms with Crippen LogP contribution in [0.15, 0.2) is 24.3 Å². The summed E-state index contributed by atoms with van der Waals surface area (Å²) in [6.45, 7) is 0.629. The SMILES string of the molecule is COCCC1(OC)CCC2(CCC(c3ccc(OC(F)(F)F)cc3)C2=O)CC1. The van der Waals surface area contributed by atoms with Crippen LogP contribution in [0.25, 0.3) is 0 Å². The lowest BCUT2D eigenvalue weighted by Gasteiger charge is -2.43. The largest absolute Gasteiger partial charge is 0.573 e. The number of methoxy groups -OCH3 is 2. The number of ether oxygens (including phenoxy) is 3. The molecule has 0 N–H and O–H groups in total. The van der Waals surface area contributed by atoms with Crippen molar-refractivity contribution in [1.29, 1.82) is 0 Å². The first-order valence-corrected chi connectivity index (χ1v) is 9.67. The fraction of sp³-hybridized carbons (Fsp3) is 0.667. The van der Waals surface area contributed by atoms with Crippen molar-refractivity contribution in [1.82, 2.24) is 0 Å². The topological polar surface area (TPSA) is 44.8 Å². The quantitative estimate of drug-likeness (QED) is 0.673. The fourth-order valence-corrected chi connectivity index (χ4v) is 4.79.